The lowest BCUT2D eigenvalue weighted by Gasteiger charge is -2.12. The molecule has 2 N–H and O–H groups in total. The minimum atomic E-state index is -0.394. The lowest BCUT2D eigenvalue weighted by atomic mass is 9.89. The van der Waals surface area contributed by atoms with E-state index in [9.17, 15) is 10.1 Å². The van der Waals surface area contributed by atoms with Crippen LogP contribution in [-0.4, -0.2) is 9.97 Å². The first kappa shape index (κ1) is 10.2. The summed E-state index contributed by atoms with van der Waals surface area (Å²) in [4.78, 5) is 16.6. The molecule has 0 amide bonds. The third-order valence-corrected chi connectivity index (χ3v) is 3.94. The average Bonchev–Trinajstić information content (AvgIpc) is 2.65. The molecule has 1 atom stereocenters. The first-order valence-electron chi connectivity index (χ1n) is 5.62. The molecule has 1 heterocycles. The Morgan fingerprint density at radius 3 is 2.53 bits per heavy atom. The van der Waals surface area contributed by atoms with E-state index in [0.717, 1.165) is 23.0 Å². The van der Waals surface area contributed by atoms with E-state index in [4.69, 9.17) is 0 Å². The molecule has 1 aliphatic carbocycles. The van der Waals surface area contributed by atoms with Gasteiger partial charge >= 0.3 is 5.69 Å². The Labute approximate surface area is 98.3 Å². The molecule has 0 saturated heterocycles. The van der Waals surface area contributed by atoms with Gasteiger partial charge in [-0.2, -0.15) is 5.26 Å². The van der Waals surface area contributed by atoms with Crippen LogP contribution in [0, 0.1) is 16.7 Å². The van der Waals surface area contributed by atoms with Crippen molar-refractivity contribution >= 4 is 11.0 Å². The molecule has 1 saturated carbocycles. The van der Waals surface area contributed by atoms with Crippen molar-refractivity contribution in [1.82, 2.24) is 9.97 Å². The number of aromatic nitrogens is 2. The summed E-state index contributed by atoms with van der Waals surface area (Å²) < 4.78 is 0. The normalized spacial score (nSPS) is 25.7. The summed E-state index contributed by atoms with van der Waals surface area (Å²) in [5, 5.41) is 9.39. The Balaban J connectivity index is 2.20. The molecule has 4 heteroatoms. The van der Waals surface area contributed by atoms with Gasteiger partial charge in [-0.1, -0.05) is 19.9 Å². The lowest BCUT2D eigenvalue weighted by molar-refractivity contribution is 0.570. The maximum Gasteiger partial charge on any atom is 0.323 e. The number of hydrogen-bond acceptors (Lipinski definition) is 2. The van der Waals surface area contributed by atoms with E-state index >= 15 is 0 Å². The first-order valence-corrected chi connectivity index (χ1v) is 5.62. The minimum absolute atomic E-state index is 0.0199. The van der Waals surface area contributed by atoms with Crippen molar-refractivity contribution in [3.8, 4) is 6.07 Å². The van der Waals surface area contributed by atoms with Gasteiger partial charge < -0.3 is 9.97 Å². The number of H-pyrrole nitrogens is 2. The van der Waals surface area contributed by atoms with Gasteiger partial charge in [0.2, 0.25) is 0 Å². The Hall–Kier alpha value is -2.02. The van der Waals surface area contributed by atoms with Crippen LogP contribution in [0.1, 0.15) is 25.8 Å². The summed E-state index contributed by atoms with van der Waals surface area (Å²) in [5.41, 5.74) is 1.96. The van der Waals surface area contributed by atoms with Crippen molar-refractivity contribution in [3.05, 3.63) is 34.2 Å². The van der Waals surface area contributed by atoms with Gasteiger partial charge in [0.1, 0.15) is 0 Å². The van der Waals surface area contributed by atoms with Crippen molar-refractivity contribution in [1.29, 1.82) is 5.26 Å². The molecule has 0 spiro atoms. The summed E-state index contributed by atoms with van der Waals surface area (Å²) >= 11 is 0. The maximum atomic E-state index is 11.2. The second-order valence-electron chi connectivity index (χ2n) is 5.42. The van der Waals surface area contributed by atoms with E-state index in [1.807, 2.05) is 18.2 Å². The van der Waals surface area contributed by atoms with Crippen LogP contribution in [0.15, 0.2) is 23.0 Å². The van der Waals surface area contributed by atoms with Crippen LogP contribution in [0.5, 0.6) is 0 Å². The summed E-state index contributed by atoms with van der Waals surface area (Å²) in [6, 6.07) is 8.13. The predicted molar refractivity (Wildman–Crippen MR) is 64.6 cm³/mol. The Morgan fingerprint density at radius 1 is 1.29 bits per heavy atom. The highest BCUT2D eigenvalue weighted by Crippen LogP contribution is 2.63. The van der Waals surface area contributed by atoms with Crippen molar-refractivity contribution in [2.75, 3.05) is 0 Å². The highest BCUT2D eigenvalue weighted by Gasteiger charge is 2.63. The minimum Gasteiger partial charge on any atom is -0.306 e. The number of benzene rings is 1. The zero-order valence-corrected chi connectivity index (χ0v) is 9.79. The Morgan fingerprint density at radius 2 is 1.94 bits per heavy atom. The van der Waals surface area contributed by atoms with Crippen molar-refractivity contribution in [2.24, 2.45) is 5.41 Å². The molecule has 3 rings (SSSR count). The summed E-state index contributed by atoms with van der Waals surface area (Å²) in [5.74, 6) is 0. The summed E-state index contributed by atoms with van der Waals surface area (Å²) in [6.07, 6.45) is 0.872. The molecule has 1 aliphatic rings. The third-order valence-electron chi connectivity index (χ3n) is 3.94. The second-order valence-corrected chi connectivity index (χ2v) is 5.42. The largest absolute Gasteiger partial charge is 0.323 e. The zero-order chi connectivity index (χ0) is 12.3. The van der Waals surface area contributed by atoms with Crippen LogP contribution in [0.2, 0.25) is 0 Å². The zero-order valence-electron chi connectivity index (χ0n) is 9.79. The van der Waals surface area contributed by atoms with Crippen LogP contribution in [0.3, 0.4) is 0 Å². The van der Waals surface area contributed by atoms with Gasteiger partial charge in [0.25, 0.3) is 0 Å². The van der Waals surface area contributed by atoms with Crippen LogP contribution < -0.4 is 5.69 Å². The molecule has 2 aromatic rings. The van der Waals surface area contributed by atoms with Crippen LogP contribution in [0.4, 0.5) is 0 Å². The van der Waals surface area contributed by atoms with E-state index in [1.54, 1.807) is 0 Å². The topological polar surface area (TPSA) is 72.4 Å². The van der Waals surface area contributed by atoms with Crippen molar-refractivity contribution in [2.45, 2.75) is 25.7 Å². The highest BCUT2D eigenvalue weighted by atomic mass is 16.1. The van der Waals surface area contributed by atoms with Crippen LogP contribution in [0.25, 0.3) is 11.0 Å². The maximum absolute atomic E-state index is 11.2. The number of imidazole rings is 1. The van der Waals surface area contributed by atoms with E-state index in [2.05, 4.69) is 29.9 Å². The highest BCUT2D eigenvalue weighted by molar-refractivity contribution is 5.76. The van der Waals surface area contributed by atoms with E-state index < -0.39 is 5.41 Å². The Kier molecular flexibility index (Phi) is 1.68. The first-order chi connectivity index (χ1) is 7.98. The van der Waals surface area contributed by atoms with Gasteiger partial charge in [-0.25, -0.2) is 4.79 Å². The number of nitrogens with one attached hydrogen (secondary N) is 2. The number of fused-ring (bicyclic) bond motifs is 1. The van der Waals surface area contributed by atoms with Crippen molar-refractivity contribution < 1.29 is 0 Å². The number of rotatable bonds is 1. The van der Waals surface area contributed by atoms with E-state index in [-0.39, 0.29) is 11.1 Å². The fraction of sp³-hybridized carbons (Fsp3) is 0.385. The summed E-state index contributed by atoms with van der Waals surface area (Å²) in [7, 11) is 0. The van der Waals surface area contributed by atoms with Gasteiger partial charge in [-0.15, -0.1) is 0 Å². The lowest BCUT2D eigenvalue weighted by Crippen LogP contribution is -2.11. The second kappa shape index (κ2) is 2.80. The standard InChI is InChI=1S/C13H13N3O/c1-12(2)6-13(12,7-14)8-3-4-9-10(5-8)16-11(17)15-9/h3-5H,6H2,1-2H3,(H2,15,16,17). The molecule has 4 nitrogen and oxygen atoms in total. The monoisotopic (exact) mass is 227 g/mol. The molecule has 0 aliphatic heterocycles. The fourth-order valence-electron chi connectivity index (χ4n) is 2.66. The van der Waals surface area contributed by atoms with Gasteiger partial charge in [0, 0.05) is 0 Å². The number of nitrogens with zero attached hydrogens (tertiary/aromatic N) is 1. The van der Waals surface area contributed by atoms with E-state index in [1.165, 1.54) is 0 Å². The molecular weight excluding hydrogens is 214 g/mol. The molecule has 0 radical (unpaired) electrons. The third kappa shape index (κ3) is 1.19. The molecule has 17 heavy (non-hydrogen) atoms. The van der Waals surface area contributed by atoms with Gasteiger partial charge in [0.05, 0.1) is 22.5 Å². The average molecular weight is 227 g/mol. The molecule has 0 bridgehead atoms. The van der Waals surface area contributed by atoms with Crippen molar-refractivity contribution in [3.63, 3.8) is 0 Å². The fourth-order valence-corrected chi connectivity index (χ4v) is 2.66. The molecular formula is C13H13N3O. The van der Waals surface area contributed by atoms with E-state index in [0.29, 0.717) is 0 Å². The molecule has 1 fully saturated rings. The smallest absolute Gasteiger partial charge is 0.306 e. The Bertz CT molecular complexity index is 701. The van der Waals surface area contributed by atoms with Gasteiger partial charge in [-0.3, -0.25) is 0 Å². The van der Waals surface area contributed by atoms with Gasteiger partial charge in [0.15, 0.2) is 0 Å². The van der Waals surface area contributed by atoms with Crippen LogP contribution in [-0.2, 0) is 5.41 Å². The number of hydrogen-bond donors (Lipinski definition) is 2. The predicted octanol–water partition coefficient (Wildman–Crippen LogP) is 2.05. The summed E-state index contributed by atoms with van der Waals surface area (Å²) in [6.45, 7) is 4.19. The molecule has 1 aromatic heterocycles. The SMILES string of the molecule is CC1(C)CC1(C#N)c1ccc2[nH]c(=O)[nH]c2c1. The molecule has 1 aromatic carbocycles. The number of nitriles is 1. The number of aromatic amines is 2. The van der Waals surface area contributed by atoms with Crippen LogP contribution >= 0.6 is 0 Å². The van der Waals surface area contributed by atoms with Gasteiger partial charge in [-0.05, 0) is 29.5 Å². The quantitative estimate of drug-likeness (QED) is 0.782. The molecule has 86 valence electrons. The molecule has 1 unspecified atom stereocenters.